The quantitative estimate of drug-likeness (QED) is 0.818. The average Bonchev–Trinajstić information content (AvgIpc) is 2.94. The summed E-state index contributed by atoms with van der Waals surface area (Å²) in [5, 5.41) is 4.31. The normalized spacial score (nSPS) is 17.5. The molecule has 1 atom stereocenters. The molecule has 21 heavy (non-hydrogen) atoms. The third-order valence-electron chi connectivity index (χ3n) is 4.30. The fourth-order valence-corrected chi connectivity index (χ4v) is 2.79. The Hall–Kier alpha value is -2.09. The van der Waals surface area contributed by atoms with Gasteiger partial charge >= 0.3 is 0 Å². The summed E-state index contributed by atoms with van der Waals surface area (Å²) in [5.74, 6) is 0. The van der Waals surface area contributed by atoms with Crippen LogP contribution in [0.1, 0.15) is 34.2 Å². The molecular formula is C19H21NO. The summed E-state index contributed by atoms with van der Waals surface area (Å²) in [6, 6.07) is 14.9. The Morgan fingerprint density at radius 2 is 1.71 bits per heavy atom. The van der Waals surface area contributed by atoms with Gasteiger partial charge in [-0.2, -0.15) is 0 Å². The topological polar surface area (TPSA) is 21.6 Å². The van der Waals surface area contributed by atoms with Crippen LogP contribution in [0, 0.1) is 20.8 Å². The third-order valence-corrected chi connectivity index (χ3v) is 4.30. The van der Waals surface area contributed by atoms with Crippen LogP contribution in [0.4, 0.5) is 0 Å². The molecule has 1 heterocycles. The standard InChI is InChI=1S/C19H21NO/c1-13-9-17(10-14(2)15(13)3)19-12-18(21-20-19)11-16-7-5-4-6-8-16/h4-10,18H,11-12H2,1-3H3. The molecule has 0 saturated carbocycles. The maximum absolute atomic E-state index is 5.62. The molecule has 2 heteroatoms. The van der Waals surface area contributed by atoms with Crippen LogP contribution in [0.5, 0.6) is 0 Å². The van der Waals surface area contributed by atoms with Gasteiger partial charge in [0.15, 0.2) is 0 Å². The molecular weight excluding hydrogens is 258 g/mol. The van der Waals surface area contributed by atoms with Gasteiger partial charge in [-0.05, 0) is 60.7 Å². The van der Waals surface area contributed by atoms with Crippen LogP contribution in [0.3, 0.4) is 0 Å². The van der Waals surface area contributed by atoms with Crippen LogP contribution in [0.15, 0.2) is 47.6 Å². The third kappa shape index (κ3) is 2.99. The van der Waals surface area contributed by atoms with E-state index in [0.717, 1.165) is 18.6 Å². The Morgan fingerprint density at radius 1 is 1.05 bits per heavy atom. The largest absolute Gasteiger partial charge is 0.391 e. The Labute approximate surface area is 126 Å². The van der Waals surface area contributed by atoms with Crippen molar-refractivity contribution in [1.29, 1.82) is 0 Å². The minimum atomic E-state index is 0.157. The molecule has 0 bridgehead atoms. The van der Waals surface area contributed by atoms with Crippen molar-refractivity contribution >= 4 is 5.71 Å². The Bertz CT molecular complexity index is 650. The molecule has 0 spiro atoms. The fraction of sp³-hybridized carbons (Fsp3) is 0.316. The number of hydrogen-bond acceptors (Lipinski definition) is 2. The predicted octanol–water partition coefficient (Wildman–Crippen LogP) is 4.35. The van der Waals surface area contributed by atoms with Gasteiger partial charge in [-0.15, -0.1) is 0 Å². The van der Waals surface area contributed by atoms with Crippen LogP contribution in [0.25, 0.3) is 0 Å². The van der Waals surface area contributed by atoms with E-state index in [2.05, 4.69) is 62.3 Å². The van der Waals surface area contributed by atoms with E-state index in [1.807, 2.05) is 6.07 Å². The second kappa shape index (κ2) is 5.72. The fourth-order valence-electron chi connectivity index (χ4n) is 2.79. The summed E-state index contributed by atoms with van der Waals surface area (Å²) in [5.41, 5.74) is 7.57. The molecule has 108 valence electrons. The monoisotopic (exact) mass is 279 g/mol. The van der Waals surface area contributed by atoms with Crippen LogP contribution >= 0.6 is 0 Å². The number of rotatable bonds is 3. The Kier molecular flexibility index (Phi) is 3.78. The lowest BCUT2D eigenvalue weighted by atomic mass is 9.95. The lowest BCUT2D eigenvalue weighted by Gasteiger charge is -2.09. The van der Waals surface area contributed by atoms with Gasteiger partial charge in [0.2, 0.25) is 0 Å². The molecule has 0 aliphatic carbocycles. The number of benzene rings is 2. The minimum absolute atomic E-state index is 0.157. The Balaban J connectivity index is 1.72. The highest BCUT2D eigenvalue weighted by molar-refractivity contribution is 6.01. The number of hydrogen-bond donors (Lipinski definition) is 0. The predicted molar refractivity (Wildman–Crippen MR) is 86.8 cm³/mol. The molecule has 1 aliphatic rings. The van der Waals surface area contributed by atoms with E-state index in [-0.39, 0.29) is 6.10 Å². The van der Waals surface area contributed by atoms with E-state index in [1.54, 1.807) is 0 Å². The van der Waals surface area contributed by atoms with Gasteiger partial charge in [0, 0.05) is 12.8 Å². The van der Waals surface area contributed by atoms with Gasteiger partial charge in [0.25, 0.3) is 0 Å². The zero-order valence-corrected chi connectivity index (χ0v) is 12.9. The molecule has 1 aliphatic heterocycles. The van der Waals surface area contributed by atoms with Crippen molar-refractivity contribution in [1.82, 2.24) is 0 Å². The van der Waals surface area contributed by atoms with Crippen molar-refractivity contribution in [2.45, 2.75) is 39.7 Å². The van der Waals surface area contributed by atoms with Gasteiger partial charge < -0.3 is 4.84 Å². The van der Waals surface area contributed by atoms with Crippen molar-refractivity contribution in [2.24, 2.45) is 5.16 Å². The molecule has 0 amide bonds. The summed E-state index contributed by atoms with van der Waals surface area (Å²) < 4.78 is 0. The lowest BCUT2D eigenvalue weighted by molar-refractivity contribution is 0.0859. The molecule has 0 radical (unpaired) electrons. The van der Waals surface area contributed by atoms with Crippen molar-refractivity contribution in [3.8, 4) is 0 Å². The van der Waals surface area contributed by atoms with Crippen molar-refractivity contribution in [3.63, 3.8) is 0 Å². The number of nitrogens with zero attached hydrogens (tertiary/aromatic N) is 1. The highest BCUT2D eigenvalue weighted by atomic mass is 16.6. The summed E-state index contributed by atoms with van der Waals surface area (Å²) in [6.07, 6.45) is 1.96. The molecule has 3 rings (SSSR count). The maximum Gasteiger partial charge on any atom is 0.137 e. The van der Waals surface area contributed by atoms with Gasteiger partial charge in [0.1, 0.15) is 6.10 Å². The first-order valence-corrected chi connectivity index (χ1v) is 7.48. The zero-order chi connectivity index (χ0) is 14.8. The summed E-state index contributed by atoms with van der Waals surface area (Å²) >= 11 is 0. The number of aryl methyl sites for hydroxylation is 2. The SMILES string of the molecule is Cc1cc(C2=NOC(Cc3ccccc3)C2)cc(C)c1C. The minimum Gasteiger partial charge on any atom is -0.391 e. The van der Waals surface area contributed by atoms with Crippen LogP contribution in [-0.4, -0.2) is 11.8 Å². The first-order chi connectivity index (χ1) is 10.1. The maximum atomic E-state index is 5.62. The van der Waals surface area contributed by atoms with E-state index < -0.39 is 0 Å². The van der Waals surface area contributed by atoms with Gasteiger partial charge in [-0.25, -0.2) is 0 Å². The van der Waals surface area contributed by atoms with Crippen molar-refractivity contribution in [3.05, 3.63) is 70.3 Å². The summed E-state index contributed by atoms with van der Waals surface area (Å²) in [4.78, 5) is 5.62. The van der Waals surface area contributed by atoms with Gasteiger partial charge in [-0.1, -0.05) is 35.5 Å². The first kappa shape index (κ1) is 13.9. The first-order valence-electron chi connectivity index (χ1n) is 7.48. The molecule has 2 aromatic carbocycles. The van der Waals surface area contributed by atoms with Gasteiger partial charge in [-0.3, -0.25) is 0 Å². The summed E-state index contributed by atoms with van der Waals surface area (Å²) in [7, 11) is 0. The van der Waals surface area contributed by atoms with Crippen LogP contribution in [-0.2, 0) is 11.3 Å². The van der Waals surface area contributed by atoms with Crippen LogP contribution in [0.2, 0.25) is 0 Å². The molecule has 0 aromatic heterocycles. The highest BCUT2D eigenvalue weighted by Gasteiger charge is 2.22. The number of oxime groups is 1. The highest BCUT2D eigenvalue weighted by Crippen LogP contribution is 2.23. The smallest absolute Gasteiger partial charge is 0.137 e. The lowest BCUT2D eigenvalue weighted by Crippen LogP contribution is -2.12. The summed E-state index contributed by atoms with van der Waals surface area (Å²) in [6.45, 7) is 6.48. The second-order valence-electron chi connectivity index (χ2n) is 5.89. The second-order valence-corrected chi connectivity index (χ2v) is 5.89. The van der Waals surface area contributed by atoms with Crippen LogP contribution < -0.4 is 0 Å². The molecule has 2 aromatic rings. The van der Waals surface area contributed by atoms with E-state index >= 15 is 0 Å². The molecule has 0 saturated heterocycles. The Morgan fingerprint density at radius 3 is 2.38 bits per heavy atom. The van der Waals surface area contributed by atoms with E-state index in [1.165, 1.54) is 27.8 Å². The molecule has 1 unspecified atom stereocenters. The van der Waals surface area contributed by atoms with E-state index in [4.69, 9.17) is 4.84 Å². The zero-order valence-electron chi connectivity index (χ0n) is 12.9. The van der Waals surface area contributed by atoms with E-state index in [0.29, 0.717) is 0 Å². The van der Waals surface area contributed by atoms with Crippen molar-refractivity contribution < 1.29 is 4.84 Å². The molecule has 0 fully saturated rings. The van der Waals surface area contributed by atoms with E-state index in [9.17, 15) is 0 Å². The molecule has 0 N–H and O–H groups in total. The van der Waals surface area contributed by atoms with Crippen molar-refractivity contribution in [2.75, 3.05) is 0 Å². The molecule has 2 nitrogen and oxygen atoms in total. The average molecular weight is 279 g/mol. The van der Waals surface area contributed by atoms with Gasteiger partial charge in [0.05, 0.1) is 5.71 Å².